The van der Waals surface area contributed by atoms with Crippen LogP contribution in [0.4, 0.5) is 0 Å². The number of carbonyl (C=O) groups excluding carboxylic acids is 1. The van der Waals surface area contributed by atoms with Gasteiger partial charge in [-0.3, -0.25) is 4.79 Å². The van der Waals surface area contributed by atoms with Crippen molar-refractivity contribution in [1.82, 2.24) is 0 Å². The second kappa shape index (κ2) is 9.65. The molecule has 0 fully saturated rings. The molecule has 0 aromatic heterocycles. The van der Waals surface area contributed by atoms with Gasteiger partial charge in [0, 0.05) is 46.9 Å². The first-order chi connectivity index (χ1) is 19.9. The summed E-state index contributed by atoms with van der Waals surface area (Å²) >= 11 is 0. The van der Waals surface area contributed by atoms with E-state index < -0.39 is 64.5 Å². The maximum Gasteiger partial charge on any atom is 0.220 e. The molecular formula is C30H24O12. The maximum atomic E-state index is 11.8. The highest BCUT2D eigenvalue weighted by molar-refractivity contribution is 6.04. The van der Waals surface area contributed by atoms with Gasteiger partial charge in [0.1, 0.15) is 52.5 Å². The Labute approximate surface area is 236 Å². The second-order valence-corrected chi connectivity index (χ2v) is 10.1. The zero-order valence-electron chi connectivity index (χ0n) is 21.5. The molecule has 1 aliphatic carbocycles. The van der Waals surface area contributed by atoms with E-state index in [-0.39, 0.29) is 57.3 Å². The molecule has 42 heavy (non-hydrogen) atoms. The Morgan fingerprint density at radius 3 is 2.21 bits per heavy atom. The third kappa shape index (κ3) is 4.21. The fourth-order valence-corrected chi connectivity index (χ4v) is 5.54. The number of phenols is 6. The highest BCUT2D eigenvalue weighted by Gasteiger charge is 2.44. The van der Waals surface area contributed by atoms with E-state index in [1.54, 1.807) is 0 Å². The van der Waals surface area contributed by atoms with Crippen molar-refractivity contribution in [3.63, 3.8) is 0 Å². The van der Waals surface area contributed by atoms with E-state index in [0.717, 1.165) is 30.4 Å². The third-order valence-corrected chi connectivity index (χ3v) is 7.49. The molecule has 3 aromatic carbocycles. The number of ketones is 1. The number of aliphatic hydroxyl groups excluding tert-OH is 3. The first-order valence-corrected chi connectivity index (χ1v) is 12.7. The van der Waals surface area contributed by atoms with Crippen molar-refractivity contribution in [1.29, 1.82) is 0 Å². The number of rotatable bonds is 2. The van der Waals surface area contributed by atoms with Crippen LogP contribution in [0.25, 0.3) is 0 Å². The van der Waals surface area contributed by atoms with Crippen molar-refractivity contribution >= 4 is 5.78 Å². The van der Waals surface area contributed by atoms with Crippen LogP contribution in [-0.2, 0) is 11.2 Å². The number of fused-ring (bicyclic) bond motifs is 2. The lowest BCUT2D eigenvalue weighted by Crippen LogP contribution is -2.34. The number of aromatic hydroxyl groups is 6. The smallest absolute Gasteiger partial charge is 0.220 e. The van der Waals surface area contributed by atoms with Crippen molar-refractivity contribution in [2.24, 2.45) is 0 Å². The van der Waals surface area contributed by atoms with Crippen molar-refractivity contribution in [2.45, 2.75) is 30.7 Å². The summed E-state index contributed by atoms with van der Waals surface area (Å²) in [6.07, 6.45) is -0.896. The van der Waals surface area contributed by atoms with Crippen LogP contribution in [0.3, 0.4) is 0 Å². The van der Waals surface area contributed by atoms with E-state index >= 15 is 0 Å². The number of hydrogen-bond donors (Lipinski definition) is 9. The van der Waals surface area contributed by atoms with Crippen molar-refractivity contribution in [3.8, 4) is 46.0 Å². The maximum absolute atomic E-state index is 11.8. The lowest BCUT2D eigenvalue weighted by atomic mass is 9.79. The van der Waals surface area contributed by atoms with Crippen LogP contribution >= 0.6 is 0 Å². The molecule has 0 bridgehead atoms. The van der Waals surface area contributed by atoms with Gasteiger partial charge in [-0.05, 0) is 35.9 Å². The van der Waals surface area contributed by atoms with Gasteiger partial charge in [0.2, 0.25) is 5.78 Å². The Hall–Kier alpha value is -5.33. The zero-order chi connectivity index (χ0) is 30.0. The van der Waals surface area contributed by atoms with Crippen LogP contribution in [-0.4, -0.2) is 63.9 Å². The van der Waals surface area contributed by atoms with E-state index in [4.69, 9.17) is 9.47 Å². The standard InChI is InChI=1S/C30H24O12/c31-13-7-20(37)24-23(8-13)41-29(12-2-4-16(33)19(36)6-12)27(40)26(24)25-21(38)10-17(34)14-9-22(39)28(42-30(14)25)11-1-3-15(32)18(35)5-11/h1-8,10,22,26-28,31-32,34-40H,9H2/b29-12-. The summed E-state index contributed by atoms with van der Waals surface area (Å²) in [6, 6.07) is 6.94. The quantitative estimate of drug-likeness (QED) is 0.201. The summed E-state index contributed by atoms with van der Waals surface area (Å²) in [4.78, 5) is 11.8. The number of phenolic OH excluding ortho intramolecular Hbond substituents is 6. The van der Waals surface area contributed by atoms with E-state index in [0.29, 0.717) is 0 Å². The minimum absolute atomic E-state index is 0.0644. The second-order valence-electron chi connectivity index (χ2n) is 10.1. The molecule has 3 aromatic rings. The van der Waals surface area contributed by atoms with Gasteiger partial charge in [0.15, 0.2) is 17.3 Å². The average Bonchev–Trinajstić information content (AvgIpc) is 2.93. The number of ether oxygens (including phenoxy) is 2. The van der Waals surface area contributed by atoms with Gasteiger partial charge in [-0.25, -0.2) is 0 Å². The molecule has 6 rings (SSSR count). The fourth-order valence-electron chi connectivity index (χ4n) is 5.54. The summed E-state index contributed by atoms with van der Waals surface area (Å²) in [5.41, 5.74) is 0.216. The normalized spacial score (nSPS) is 24.7. The molecule has 12 nitrogen and oxygen atoms in total. The number of carbonyl (C=O) groups is 1. The molecule has 216 valence electrons. The Bertz CT molecular complexity index is 1750. The van der Waals surface area contributed by atoms with Gasteiger partial charge in [0.05, 0.1) is 12.0 Å². The van der Waals surface area contributed by atoms with E-state index in [1.165, 1.54) is 24.3 Å². The number of hydrogen-bond acceptors (Lipinski definition) is 12. The lowest BCUT2D eigenvalue weighted by Gasteiger charge is -2.38. The number of aliphatic hydroxyl groups is 3. The van der Waals surface area contributed by atoms with Gasteiger partial charge in [-0.2, -0.15) is 0 Å². The number of allylic oxidation sites excluding steroid dienone is 4. The predicted octanol–water partition coefficient (Wildman–Crippen LogP) is 2.68. The van der Waals surface area contributed by atoms with E-state index in [1.807, 2.05) is 0 Å². The molecule has 9 N–H and O–H groups in total. The van der Waals surface area contributed by atoms with Crippen LogP contribution < -0.4 is 9.47 Å². The zero-order valence-corrected chi connectivity index (χ0v) is 21.5. The Kier molecular flexibility index (Phi) is 6.17. The molecule has 0 spiro atoms. The first kappa shape index (κ1) is 26.9. The topological polar surface area (TPSA) is 218 Å². The Morgan fingerprint density at radius 1 is 0.762 bits per heavy atom. The molecular weight excluding hydrogens is 552 g/mol. The van der Waals surface area contributed by atoms with Crippen molar-refractivity contribution in [3.05, 3.63) is 94.0 Å². The third-order valence-electron chi connectivity index (χ3n) is 7.49. The highest BCUT2D eigenvalue weighted by Crippen LogP contribution is 2.56. The highest BCUT2D eigenvalue weighted by atomic mass is 16.5. The van der Waals surface area contributed by atoms with Crippen LogP contribution in [0.2, 0.25) is 0 Å². The monoisotopic (exact) mass is 576 g/mol. The minimum Gasteiger partial charge on any atom is -0.508 e. The largest absolute Gasteiger partial charge is 0.508 e. The molecule has 3 aliphatic rings. The Balaban J connectivity index is 1.58. The molecule has 2 heterocycles. The van der Waals surface area contributed by atoms with Gasteiger partial charge < -0.3 is 55.4 Å². The SMILES string of the molecule is O=C1C=C/C(=C2/Oc3cc(O)cc(O)c3C(c3c(O)cc(O)c4c3OC(c3ccc(O)c(O)c3)C(O)C4)C2O)C=C1O. The van der Waals surface area contributed by atoms with Gasteiger partial charge in [0.25, 0.3) is 0 Å². The van der Waals surface area contributed by atoms with Crippen LogP contribution in [0, 0.1) is 0 Å². The Morgan fingerprint density at radius 2 is 1.50 bits per heavy atom. The predicted molar refractivity (Wildman–Crippen MR) is 143 cm³/mol. The summed E-state index contributed by atoms with van der Waals surface area (Å²) in [5, 5.41) is 95.4. The molecule has 2 aliphatic heterocycles. The molecule has 0 saturated heterocycles. The average molecular weight is 577 g/mol. The van der Waals surface area contributed by atoms with Crippen LogP contribution in [0.1, 0.15) is 34.3 Å². The molecule has 0 amide bonds. The van der Waals surface area contributed by atoms with Crippen LogP contribution in [0.15, 0.2) is 71.7 Å². The van der Waals surface area contributed by atoms with Crippen LogP contribution in [0.5, 0.6) is 46.0 Å². The fraction of sp³-hybridized carbons (Fsp3) is 0.167. The molecule has 12 heteroatoms. The summed E-state index contributed by atoms with van der Waals surface area (Å²) in [5.74, 6) is -5.91. The summed E-state index contributed by atoms with van der Waals surface area (Å²) in [7, 11) is 0. The van der Waals surface area contributed by atoms with Gasteiger partial charge in [-0.1, -0.05) is 6.07 Å². The number of benzene rings is 3. The summed E-state index contributed by atoms with van der Waals surface area (Å²) < 4.78 is 12.0. The lowest BCUT2D eigenvalue weighted by molar-refractivity contribution is -0.113. The first-order valence-electron chi connectivity index (χ1n) is 12.7. The van der Waals surface area contributed by atoms with E-state index in [2.05, 4.69) is 0 Å². The van der Waals surface area contributed by atoms with E-state index in [9.17, 15) is 50.8 Å². The van der Waals surface area contributed by atoms with Gasteiger partial charge in [-0.15, -0.1) is 0 Å². The molecule has 4 atom stereocenters. The van der Waals surface area contributed by atoms with Crippen molar-refractivity contribution < 1.29 is 60.2 Å². The molecule has 0 radical (unpaired) electrons. The minimum atomic E-state index is -1.70. The molecule has 4 unspecified atom stereocenters. The summed E-state index contributed by atoms with van der Waals surface area (Å²) in [6.45, 7) is 0. The molecule has 0 saturated carbocycles. The van der Waals surface area contributed by atoms with Gasteiger partial charge >= 0.3 is 0 Å². The van der Waals surface area contributed by atoms with Crippen molar-refractivity contribution in [2.75, 3.05) is 0 Å².